The van der Waals surface area contributed by atoms with E-state index in [9.17, 15) is 32.0 Å². The smallest absolute Gasteiger partial charge is 0.326 e. The molecule has 0 radical (unpaired) electrons. The molecule has 0 saturated heterocycles. The fraction of sp³-hybridized carbons (Fsp3) is 0.179. The first-order valence-electron chi connectivity index (χ1n) is 12.0. The van der Waals surface area contributed by atoms with Crippen molar-refractivity contribution < 1.29 is 26.7 Å². The second-order valence-corrected chi connectivity index (χ2v) is 9.51. The van der Waals surface area contributed by atoms with Crippen molar-refractivity contribution in [3.8, 4) is 6.07 Å². The third-order valence-corrected chi connectivity index (χ3v) is 6.89. The number of rotatable bonds is 5. The van der Waals surface area contributed by atoms with Crippen LogP contribution in [0.4, 0.5) is 26.7 Å². The van der Waals surface area contributed by atoms with Gasteiger partial charge in [-0.25, -0.2) is 31.7 Å². The topological polar surface area (TPSA) is 74.0 Å². The van der Waals surface area contributed by atoms with E-state index < -0.39 is 40.7 Å². The lowest BCUT2D eigenvalue weighted by Gasteiger charge is -2.27. The molecule has 204 valence electrons. The minimum absolute atomic E-state index is 0.150. The molecule has 12 heteroatoms. The van der Waals surface area contributed by atoms with Crippen LogP contribution >= 0.6 is 11.6 Å². The first-order valence-corrected chi connectivity index (χ1v) is 12.4. The van der Waals surface area contributed by atoms with Gasteiger partial charge in [0.05, 0.1) is 22.7 Å². The van der Waals surface area contributed by atoms with Crippen molar-refractivity contribution in [2.24, 2.45) is 0 Å². The van der Waals surface area contributed by atoms with E-state index in [0.29, 0.717) is 35.7 Å². The summed E-state index contributed by atoms with van der Waals surface area (Å²) in [5.41, 5.74) is 2.24. The maximum Gasteiger partial charge on any atom is 0.326 e. The van der Waals surface area contributed by atoms with Gasteiger partial charge in [-0.15, -0.1) is 0 Å². The molecular weight excluding hydrogens is 553 g/mol. The molecule has 1 N–H and O–H groups in total. The highest BCUT2D eigenvalue weighted by molar-refractivity contribution is 6.29. The monoisotopic (exact) mass is 571 g/mol. The summed E-state index contributed by atoms with van der Waals surface area (Å²) in [5.74, 6) is -10.0. The Morgan fingerprint density at radius 2 is 1.80 bits per heavy atom. The van der Waals surface area contributed by atoms with Crippen molar-refractivity contribution >= 4 is 34.6 Å². The fourth-order valence-corrected chi connectivity index (χ4v) is 4.96. The van der Waals surface area contributed by atoms with Crippen LogP contribution < -0.4 is 5.32 Å². The van der Waals surface area contributed by atoms with Crippen LogP contribution in [0.2, 0.25) is 5.15 Å². The standard InChI is InChI=1S/C28H19ClF5N5O/c29-22-11-16(5-7-36-22)13-37-28(40)39-20-6-9-38(14-19(20)17-4-3-15(12-35)10-21(17)39)8-1-2-18-23(30)25(32)27(34)26(33)24(18)31/h1-5,7,10-11H,6,8-9,13-14H2,(H,37,40). The van der Waals surface area contributed by atoms with Crippen molar-refractivity contribution in [1.82, 2.24) is 19.8 Å². The number of carbonyl (C=O) groups is 1. The van der Waals surface area contributed by atoms with E-state index in [4.69, 9.17) is 11.6 Å². The molecule has 0 fully saturated rings. The molecule has 0 unspecified atom stereocenters. The van der Waals surface area contributed by atoms with Crippen LogP contribution in [-0.4, -0.2) is 33.6 Å². The largest absolute Gasteiger partial charge is 0.333 e. The molecule has 1 amide bonds. The van der Waals surface area contributed by atoms with Crippen LogP contribution in [0.3, 0.4) is 0 Å². The molecule has 40 heavy (non-hydrogen) atoms. The zero-order valence-corrected chi connectivity index (χ0v) is 21.4. The zero-order chi connectivity index (χ0) is 28.6. The van der Waals surface area contributed by atoms with E-state index >= 15 is 0 Å². The number of halogens is 6. The average Bonchev–Trinajstić information content (AvgIpc) is 3.28. The number of hydrogen-bond acceptors (Lipinski definition) is 4. The van der Waals surface area contributed by atoms with E-state index in [-0.39, 0.29) is 13.1 Å². The van der Waals surface area contributed by atoms with Gasteiger partial charge in [0.2, 0.25) is 5.82 Å². The van der Waals surface area contributed by atoms with Gasteiger partial charge in [-0.3, -0.25) is 9.47 Å². The Morgan fingerprint density at radius 1 is 1.07 bits per heavy atom. The Bertz CT molecular complexity index is 1700. The molecule has 0 spiro atoms. The van der Waals surface area contributed by atoms with Gasteiger partial charge >= 0.3 is 6.03 Å². The number of aromatic nitrogens is 2. The van der Waals surface area contributed by atoms with Crippen molar-refractivity contribution in [1.29, 1.82) is 5.26 Å². The van der Waals surface area contributed by atoms with Gasteiger partial charge < -0.3 is 5.32 Å². The van der Waals surface area contributed by atoms with Crippen LogP contribution in [0, 0.1) is 40.4 Å². The van der Waals surface area contributed by atoms with Crippen molar-refractivity contribution in [3.05, 3.63) is 105 Å². The van der Waals surface area contributed by atoms with Gasteiger partial charge in [0.15, 0.2) is 23.3 Å². The first-order chi connectivity index (χ1) is 19.2. The van der Waals surface area contributed by atoms with Gasteiger partial charge in [-0.2, -0.15) is 5.26 Å². The molecule has 0 bridgehead atoms. The number of carbonyl (C=O) groups excluding carboxylic acids is 1. The summed E-state index contributed by atoms with van der Waals surface area (Å²) in [6.07, 6.45) is 4.15. The van der Waals surface area contributed by atoms with Gasteiger partial charge in [0.25, 0.3) is 0 Å². The third kappa shape index (κ3) is 5.03. The highest BCUT2D eigenvalue weighted by atomic mass is 35.5. The number of benzene rings is 2. The van der Waals surface area contributed by atoms with Crippen molar-refractivity contribution in [2.75, 3.05) is 13.1 Å². The van der Waals surface area contributed by atoms with E-state index in [1.165, 1.54) is 16.8 Å². The predicted octanol–water partition coefficient (Wildman–Crippen LogP) is 6.09. The summed E-state index contributed by atoms with van der Waals surface area (Å²) in [4.78, 5) is 19.2. The lowest BCUT2D eigenvalue weighted by Crippen LogP contribution is -2.34. The minimum atomic E-state index is -2.21. The Balaban J connectivity index is 1.41. The molecule has 6 nitrogen and oxygen atoms in total. The number of amides is 1. The fourth-order valence-electron chi connectivity index (χ4n) is 4.77. The number of fused-ring (bicyclic) bond motifs is 3. The predicted molar refractivity (Wildman–Crippen MR) is 138 cm³/mol. The second-order valence-electron chi connectivity index (χ2n) is 9.12. The average molecular weight is 572 g/mol. The number of pyridine rings is 1. The summed E-state index contributed by atoms with van der Waals surface area (Å²) in [7, 11) is 0. The van der Waals surface area contributed by atoms with E-state index in [1.54, 1.807) is 30.3 Å². The van der Waals surface area contributed by atoms with Gasteiger partial charge in [-0.05, 0) is 35.4 Å². The second kappa shape index (κ2) is 11.1. The number of nitriles is 1. The summed E-state index contributed by atoms with van der Waals surface area (Å²) >= 11 is 5.93. The van der Waals surface area contributed by atoms with E-state index in [2.05, 4.69) is 16.4 Å². The maximum absolute atomic E-state index is 14.0. The molecule has 4 aromatic rings. The summed E-state index contributed by atoms with van der Waals surface area (Å²) in [6, 6.07) is 10.1. The normalized spacial score (nSPS) is 13.5. The highest BCUT2D eigenvalue weighted by Gasteiger charge is 2.27. The summed E-state index contributed by atoms with van der Waals surface area (Å²) in [6.45, 7) is 1.14. The number of hydrogen-bond donors (Lipinski definition) is 1. The van der Waals surface area contributed by atoms with Crippen LogP contribution in [-0.2, 0) is 19.5 Å². The van der Waals surface area contributed by atoms with Crippen LogP contribution in [0.15, 0.2) is 42.6 Å². The lowest BCUT2D eigenvalue weighted by atomic mass is 10.0. The van der Waals surface area contributed by atoms with Crippen LogP contribution in [0.1, 0.15) is 27.9 Å². The molecule has 2 aromatic carbocycles. The Hall–Kier alpha value is -4.27. The molecule has 0 aliphatic carbocycles. The van der Waals surface area contributed by atoms with Crippen molar-refractivity contribution in [3.63, 3.8) is 0 Å². The minimum Gasteiger partial charge on any atom is -0.333 e. The van der Waals surface area contributed by atoms with Crippen molar-refractivity contribution in [2.45, 2.75) is 19.5 Å². The molecule has 1 aliphatic rings. The summed E-state index contributed by atoms with van der Waals surface area (Å²) in [5, 5.41) is 13.3. The van der Waals surface area contributed by atoms with Gasteiger partial charge in [0.1, 0.15) is 5.15 Å². The molecule has 2 aromatic heterocycles. The van der Waals surface area contributed by atoms with Gasteiger partial charge in [-0.1, -0.05) is 29.8 Å². The van der Waals surface area contributed by atoms with Crippen LogP contribution in [0.5, 0.6) is 0 Å². The first kappa shape index (κ1) is 27.3. The third-order valence-electron chi connectivity index (χ3n) is 6.69. The molecule has 3 heterocycles. The number of nitrogens with one attached hydrogen (secondary N) is 1. The molecule has 5 rings (SSSR count). The molecule has 0 atom stereocenters. The van der Waals surface area contributed by atoms with Crippen LogP contribution in [0.25, 0.3) is 17.0 Å². The quantitative estimate of drug-likeness (QED) is 0.136. The van der Waals surface area contributed by atoms with Gasteiger partial charge in [0, 0.05) is 49.9 Å². The highest BCUT2D eigenvalue weighted by Crippen LogP contribution is 2.32. The summed E-state index contributed by atoms with van der Waals surface area (Å²) < 4.78 is 69.9. The molecular formula is C28H19ClF5N5O. The molecule has 0 saturated carbocycles. The maximum atomic E-state index is 14.0. The SMILES string of the molecule is N#Cc1ccc2c3c(n(C(=O)NCc4ccnc(Cl)c4)c2c1)CCN(CC=Cc1c(F)c(F)c(F)c(F)c1F)C3. The Labute approximate surface area is 229 Å². The Morgan fingerprint density at radius 3 is 2.50 bits per heavy atom. The lowest BCUT2D eigenvalue weighted by molar-refractivity contribution is 0.240. The Kier molecular flexibility index (Phi) is 7.56. The molecule has 1 aliphatic heterocycles. The van der Waals surface area contributed by atoms with E-state index in [0.717, 1.165) is 28.3 Å². The zero-order valence-electron chi connectivity index (χ0n) is 20.6. The number of nitrogens with zero attached hydrogens (tertiary/aromatic N) is 4. The van der Waals surface area contributed by atoms with E-state index in [1.807, 2.05) is 4.90 Å².